The van der Waals surface area contributed by atoms with E-state index in [1.54, 1.807) is 0 Å². The average molecular weight is 304 g/mol. The highest BCUT2D eigenvalue weighted by Gasteiger charge is 2.17. The molecule has 5 N–H and O–H groups in total. The summed E-state index contributed by atoms with van der Waals surface area (Å²) >= 11 is 0. The van der Waals surface area contributed by atoms with Crippen molar-refractivity contribution in [2.75, 3.05) is 23.7 Å². The second-order valence-corrected chi connectivity index (χ2v) is 5.94. The summed E-state index contributed by atoms with van der Waals surface area (Å²) in [5, 5.41) is 8.67. The van der Waals surface area contributed by atoms with E-state index >= 15 is 0 Å². The number of hydrogen-bond acceptors (Lipinski definition) is 4. The first-order chi connectivity index (χ1) is 10.5. The topological polar surface area (TPSA) is 96.2 Å². The number of amides is 2. The van der Waals surface area contributed by atoms with Crippen molar-refractivity contribution >= 4 is 23.2 Å². The highest BCUT2D eigenvalue weighted by Crippen LogP contribution is 2.24. The maximum absolute atomic E-state index is 11.9. The normalized spacial score (nSPS) is 14.7. The van der Waals surface area contributed by atoms with Gasteiger partial charge in [-0.15, -0.1) is 0 Å². The van der Waals surface area contributed by atoms with Crippen LogP contribution < -0.4 is 21.7 Å². The Kier molecular flexibility index (Phi) is 5.38. The molecular weight excluding hydrogens is 280 g/mol. The van der Waals surface area contributed by atoms with Gasteiger partial charge in [0.25, 0.3) is 0 Å². The Labute approximate surface area is 130 Å². The highest BCUT2D eigenvalue weighted by molar-refractivity contribution is 5.95. The van der Waals surface area contributed by atoms with Crippen LogP contribution in [0, 0.1) is 5.92 Å². The molecule has 0 aliphatic carbocycles. The van der Waals surface area contributed by atoms with Gasteiger partial charge in [0.2, 0.25) is 11.8 Å². The fourth-order valence-electron chi connectivity index (χ4n) is 2.35. The molecule has 1 heterocycles. The molecule has 6 nitrogen and oxygen atoms in total. The van der Waals surface area contributed by atoms with Crippen molar-refractivity contribution in [3.8, 4) is 0 Å². The highest BCUT2D eigenvalue weighted by atomic mass is 16.2. The van der Waals surface area contributed by atoms with Crippen molar-refractivity contribution in [3.63, 3.8) is 0 Å². The number of carbonyl (C=O) groups is 2. The van der Waals surface area contributed by atoms with Crippen molar-refractivity contribution < 1.29 is 9.59 Å². The lowest BCUT2D eigenvalue weighted by Crippen LogP contribution is -2.46. The second kappa shape index (κ2) is 7.26. The molecule has 2 amide bonds. The molecule has 1 aliphatic heterocycles. The van der Waals surface area contributed by atoms with Gasteiger partial charge in [0.15, 0.2) is 0 Å². The number of nitrogens with two attached hydrogens (primary N) is 1. The Morgan fingerprint density at radius 1 is 1.36 bits per heavy atom. The summed E-state index contributed by atoms with van der Waals surface area (Å²) in [5.41, 5.74) is 8.80. The molecule has 0 unspecified atom stereocenters. The van der Waals surface area contributed by atoms with Gasteiger partial charge in [-0.25, -0.2) is 0 Å². The molecule has 0 aromatic heterocycles. The summed E-state index contributed by atoms with van der Waals surface area (Å²) in [6.07, 6.45) is 2.10. The zero-order chi connectivity index (χ0) is 16.1. The summed E-state index contributed by atoms with van der Waals surface area (Å²) in [6, 6.07) is 5.21. The molecule has 1 aliphatic rings. The Morgan fingerprint density at radius 2 is 2.14 bits per heavy atom. The minimum Gasteiger partial charge on any atom is -0.385 e. The van der Waals surface area contributed by atoms with Gasteiger partial charge in [-0.2, -0.15) is 0 Å². The number of hydrogen-bond donors (Lipinski definition) is 4. The summed E-state index contributed by atoms with van der Waals surface area (Å²) in [6.45, 7) is 4.65. The molecule has 1 aromatic rings. The summed E-state index contributed by atoms with van der Waals surface area (Å²) in [4.78, 5) is 23.6. The van der Waals surface area contributed by atoms with Crippen molar-refractivity contribution in [2.45, 2.75) is 32.7 Å². The third kappa shape index (κ3) is 4.21. The molecule has 2 rings (SSSR count). The minimum absolute atomic E-state index is 0.0382. The van der Waals surface area contributed by atoms with E-state index in [1.165, 1.54) is 5.56 Å². The first kappa shape index (κ1) is 16.3. The quantitative estimate of drug-likeness (QED) is 0.654. The van der Waals surface area contributed by atoms with Crippen LogP contribution in [0.4, 0.5) is 11.4 Å². The van der Waals surface area contributed by atoms with Crippen molar-refractivity contribution in [1.82, 2.24) is 5.32 Å². The van der Waals surface area contributed by atoms with Crippen molar-refractivity contribution in [1.29, 1.82) is 0 Å². The third-order valence-corrected chi connectivity index (χ3v) is 3.77. The lowest BCUT2D eigenvalue weighted by molar-refractivity contribution is -0.125. The van der Waals surface area contributed by atoms with E-state index in [2.05, 4.69) is 16.0 Å². The van der Waals surface area contributed by atoms with Crippen LogP contribution in [-0.4, -0.2) is 30.9 Å². The summed E-state index contributed by atoms with van der Waals surface area (Å²) in [7, 11) is 0. The first-order valence-corrected chi connectivity index (χ1v) is 7.67. The fourth-order valence-corrected chi connectivity index (χ4v) is 2.35. The lowest BCUT2D eigenvalue weighted by Gasteiger charge is -2.19. The zero-order valence-corrected chi connectivity index (χ0v) is 13.1. The van der Waals surface area contributed by atoms with Crippen molar-refractivity contribution in [3.05, 3.63) is 23.8 Å². The monoisotopic (exact) mass is 304 g/mol. The maximum Gasteiger partial charge on any atom is 0.243 e. The van der Waals surface area contributed by atoms with Crippen molar-refractivity contribution in [2.24, 2.45) is 11.7 Å². The summed E-state index contributed by atoms with van der Waals surface area (Å²) in [5.74, 6) is -0.524. The van der Waals surface area contributed by atoms with E-state index in [0.717, 1.165) is 30.8 Å². The van der Waals surface area contributed by atoms with E-state index in [4.69, 9.17) is 5.73 Å². The van der Waals surface area contributed by atoms with Gasteiger partial charge in [0.05, 0.1) is 12.6 Å². The molecule has 0 spiro atoms. The molecule has 1 aromatic carbocycles. The van der Waals surface area contributed by atoms with E-state index in [0.29, 0.717) is 0 Å². The van der Waals surface area contributed by atoms with Crippen LogP contribution in [0.5, 0.6) is 0 Å². The molecule has 0 bridgehead atoms. The van der Waals surface area contributed by atoms with Gasteiger partial charge in [0, 0.05) is 17.9 Å². The molecule has 0 radical (unpaired) electrons. The van der Waals surface area contributed by atoms with Gasteiger partial charge in [-0.3, -0.25) is 9.59 Å². The van der Waals surface area contributed by atoms with E-state index in [-0.39, 0.29) is 24.3 Å². The molecule has 22 heavy (non-hydrogen) atoms. The maximum atomic E-state index is 11.9. The fraction of sp³-hybridized carbons (Fsp3) is 0.500. The number of benzene rings is 1. The van der Waals surface area contributed by atoms with Crippen LogP contribution in [0.25, 0.3) is 0 Å². The van der Waals surface area contributed by atoms with Crippen LogP contribution in [0.15, 0.2) is 18.2 Å². The van der Waals surface area contributed by atoms with Crippen LogP contribution in [-0.2, 0) is 16.0 Å². The van der Waals surface area contributed by atoms with E-state index in [1.807, 2.05) is 32.0 Å². The molecule has 0 fully saturated rings. The third-order valence-electron chi connectivity index (χ3n) is 3.77. The Hall–Kier alpha value is -2.08. The number of carbonyl (C=O) groups excluding carboxylic acids is 2. The smallest absolute Gasteiger partial charge is 0.243 e. The lowest BCUT2D eigenvalue weighted by atomic mass is 10.0. The predicted molar refractivity (Wildman–Crippen MR) is 87.7 cm³/mol. The number of aryl methyl sites for hydroxylation is 1. The average Bonchev–Trinajstić information content (AvgIpc) is 2.51. The summed E-state index contributed by atoms with van der Waals surface area (Å²) < 4.78 is 0. The molecule has 120 valence electrons. The predicted octanol–water partition coefficient (Wildman–Crippen LogP) is 1.08. The van der Waals surface area contributed by atoms with E-state index < -0.39 is 6.04 Å². The van der Waals surface area contributed by atoms with Gasteiger partial charge in [0.1, 0.15) is 0 Å². The molecule has 0 saturated heterocycles. The Balaban J connectivity index is 1.86. The van der Waals surface area contributed by atoms with Crippen LogP contribution in [0.3, 0.4) is 0 Å². The number of fused-ring (bicyclic) bond motifs is 1. The van der Waals surface area contributed by atoms with Gasteiger partial charge in [-0.1, -0.05) is 13.8 Å². The van der Waals surface area contributed by atoms with Gasteiger partial charge in [-0.05, 0) is 42.5 Å². The molecule has 0 saturated carbocycles. The Bertz CT molecular complexity index is 557. The van der Waals surface area contributed by atoms with Crippen LogP contribution in [0.1, 0.15) is 25.8 Å². The standard InChI is InChI=1S/C16H24N4O2/c1-10(2)15(17)16(22)19-9-14(21)20-12-5-6-13-11(8-12)4-3-7-18-13/h5-6,8,10,15,18H,3-4,7,9,17H2,1-2H3,(H,19,22)(H,20,21)/t15-/m0/s1. The van der Waals surface area contributed by atoms with Gasteiger partial charge >= 0.3 is 0 Å². The number of anilines is 2. The van der Waals surface area contributed by atoms with Crippen LogP contribution >= 0.6 is 0 Å². The number of rotatable bonds is 5. The second-order valence-electron chi connectivity index (χ2n) is 5.94. The SMILES string of the molecule is CC(C)[C@H](N)C(=O)NCC(=O)Nc1ccc2c(c1)CCCN2. The number of nitrogens with one attached hydrogen (secondary N) is 3. The Morgan fingerprint density at radius 3 is 2.86 bits per heavy atom. The molecular formula is C16H24N4O2. The largest absolute Gasteiger partial charge is 0.385 e. The minimum atomic E-state index is -0.595. The van der Waals surface area contributed by atoms with Gasteiger partial charge < -0.3 is 21.7 Å². The first-order valence-electron chi connectivity index (χ1n) is 7.67. The molecule has 1 atom stereocenters. The van der Waals surface area contributed by atoms with Crippen LogP contribution in [0.2, 0.25) is 0 Å². The zero-order valence-electron chi connectivity index (χ0n) is 13.1. The van der Waals surface area contributed by atoms with E-state index in [9.17, 15) is 9.59 Å². The molecule has 6 heteroatoms.